The van der Waals surface area contributed by atoms with Crippen LogP contribution in [-0.2, 0) is 19.1 Å². The van der Waals surface area contributed by atoms with Crippen molar-refractivity contribution in [3.8, 4) is 0 Å². The number of nitrogens with one attached hydrogen (secondary N) is 2. The zero-order chi connectivity index (χ0) is 19.4. The third-order valence-electron chi connectivity index (χ3n) is 4.30. The molecule has 1 saturated heterocycles. The highest BCUT2D eigenvalue weighted by atomic mass is 16.6. The Morgan fingerprint density at radius 2 is 1.88 bits per heavy atom. The number of carbonyl (C=O) groups excluding carboxylic acids is 3. The molecule has 0 aromatic rings. The van der Waals surface area contributed by atoms with Gasteiger partial charge >= 0.3 is 5.97 Å². The van der Waals surface area contributed by atoms with Crippen molar-refractivity contribution in [3.05, 3.63) is 0 Å². The van der Waals surface area contributed by atoms with E-state index in [0.717, 1.165) is 13.0 Å². The van der Waals surface area contributed by atoms with E-state index < -0.39 is 23.0 Å². The summed E-state index contributed by atoms with van der Waals surface area (Å²) in [5.74, 6) is -1.46. The van der Waals surface area contributed by atoms with Crippen LogP contribution in [0.4, 0.5) is 0 Å². The molecule has 7 nitrogen and oxygen atoms in total. The zero-order valence-corrected chi connectivity index (χ0v) is 16.6. The van der Waals surface area contributed by atoms with Gasteiger partial charge in [-0.1, -0.05) is 13.8 Å². The number of likely N-dealkylation sites (N-methyl/N-ethyl adjacent to an activating group) is 2. The fourth-order valence-corrected chi connectivity index (χ4v) is 3.17. The molecule has 1 rings (SSSR count). The summed E-state index contributed by atoms with van der Waals surface area (Å²) in [6.45, 7) is 9.82. The van der Waals surface area contributed by atoms with Gasteiger partial charge in [-0.15, -0.1) is 0 Å². The van der Waals surface area contributed by atoms with Gasteiger partial charge in [0.25, 0.3) is 5.91 Å². The van der Waals surface area contributed by atoms with Gasteiger partial charge in [0, 0.05) is 14.1 Å². The zero-order valence-electron chi connectivity index (χ0n) is 16.6. The van der Waals surface area contributed by atoms with E-state index in [4.69, 9.17) is 4.74 Å². The van der Waals surface area contributed by atoms with E-state index in [1.165, 1.54) is 19.0 Å². The Hall–Kier alpha value is -1.63. The van der Waals surface area contributed by atoms with Crippen LogP contribution >= 0.6 is 0 Å². The van der Waals surface area contributed by atoms with E-state index in [1.54, 1.807) is 20.8 Å². The molecule has 25 heavy (non-hydrogen) atoms. The molecular weight excluding hydrogens is 322 g/mol. The number of carbonyl (C=O) groups is 3. The van der Waals surface area contributed by atoms with E-state index in [9.17, 15) is 14.4 Å². The van der Waals surface area contributed by atoms with Crippen LogP contribution < -0.4 is 10.6 Å². The fourth-order valence-electron chi connectivity index (χ4n) is 3.17. The highest BCUT2D eigenvalue weighted by Crippen LogP contribution is 2.29. The molecule has 0 aliphatic carbocycles. The van der Waals surface area contributed by atoms with Gasteiger partial charge in [0.15, 0.2) is 0 Å². The Morgan fingerprint density at radius 3 is 2.28 bits per heavy atom. The lowest BCUT2D eigenvalue weighted by atomic mass is 9.85. The summed E-state index contributed by atoms with van der Waals surface area (Å²) in [7, 11) is 2.98. The Balaban J connectivity index is 3.33. The minimum Gasteiger partial charge on any atom is -0.458 e. The number of esters is 1. The average Bonchev–Trinajstić information content (AvgIpc) is 3.02. The Kier molecular flexibility index (Phi) is 6.99. The van der Waals surface area contributed by atoms with Crippen LogP contribution in [0.25, 0.3) is 0 Å². The van der Waals surface area contributed by atoms with Crippen molar-refractivity contribution in [2.75, 3.05) is 20.6 Å². The van der Waals surface area contributed by atoms with Crippen LogP contribution in [0.2, 0.25) is 0 Å². The maximum absolute atomic E-state index is 13.1. The van der Waals surface area contributed by atoms with Crippen molar-refractivity contribution in [1.82, 2.24) is 15.5 Å². The van der Waals surface area contributed by atoms with E-state index in [-0.39, 0.29) is 24.3 Å². The van der Waals surface area contributed by atoms with Crippen molar-refractivity contribution in [2.45, 2.75) is 71.1 Å². The summed E-state index contributed by atoms with van der Waals surface area (Å²) in [6.07, 6.45) is 1.79. The number of hydrogen-bond donors (Lipinski definition) is 2. The molecule has 1 aliphatic heterocycles. The van der Waals surface area contributed by atoms with Crippen LogP contribution in [0.15, 0.2) is 0 Å². The topological polar surface area (TPSA) is 87.7 Å². The molecule has 0 saturated carbocycles. The molecule has 2 N–H and O–H groups in total. The normalized spacial score (nSPS) is 20.1. The van der Waals surface area contributed by atoms with Gasteiger partial charge in [-0.05, 0) is 52.5 Å². The van der Waals surface area contributed by atoms with E-state index in [0.29, 0.717) is 6.42 Å². The first-order chi connectivity index (χ1) is 11.5. The maximum Gasteiger partial charge on any atom is 0.342 e. The molecule has 1 heterocycles. The number of hydrogen-bond acceptors (Lipinski definition) is 5. The first-order valence-corrected chi connectivity index (χ1v) is 8.92. The van der Waals surface area contributed by atoms with Crippen molar-refractivity contribution < 1.29 is 19.1 Å². The minimum atomic E-state index is -1.68. The molecular formula is C18H33N3O4. The van der Waals surface area contributed by atoms with Gasteiger partial charge in [0.2, 0.25) is 11.4 Å². The average molecular weight is 355 g/mol. The van der Waals surface area contributed by atoms with Crippen molar-refractivity contribution in [2.24, 2.45) is 5.92 Å². The summed E-state index contributed by atoms with van der Waals surface area (Å²) in [5, 5.41) is 5.68. The summed E-state index contributed by atoms with van der Waals surface area (Å²) in [5.41, 5.74) is -2.44. The van der Waals surface area contributed by atoms with Crippen LogP contribution in [0.1, 0.15) is 53.9 Å². The molecule has 0 radical (unpaired) electrons. The van der Waals surface area contributed by atoms with E-state index >= 15 is 0 Å². The maximum atomic E-state index is 13.1. The van der Waals surface area contributed by atoms with Crippen LogP contribution in [-0.4, -0.2) is 60.5 Å². The number of rotatable bonds is 6. The van der Waals surface area contributed by atoms with Gasteiger partial charge in [0.05, 0.1) is 6.04 Å². The third-order valence-corrected chi connectivity index (χ3v) is 4.30. The van der Waals surface area contributed by atoms with Gasteiger partial charge in [-0.2, -0.15) is 0 Å². The molecule has 0 aromatic carbocycles. The van der Waals surface area contributed by atoms with E-state index in [1.807, 2.05) is 13.8 Å². The lowest BCUT2D eigenvalue weighted by molar-refractivity contribution is -0.178. The molecule has 1 fully saturated rings. The molecule has 2 atom stereocenters. The highest BCUT2D eigenvalue weighted by Gasteiger charge is 2.54. The van der Waals surface area contributed by atoms with Gasteiger partial charge in [-0.3, -0.25) is 9.59 Å². The van der Waals surface area contributed by atoms with Crippen LogP contribution in [0.3, 0.4) is 0 Å². The first kappa shape index (κ1) is 21.4. The standard InChI is InChI=1S/C18H33N3O4/c1-12(2)11-18(15(23)19-6,16(24)25-17(3,4)5)21(7)14(22)13-9-8-10-20-13/h12-13,20H,8-11H2,1-7H3,(H,19,23)/t13-,18-/m0/s1. The molecule has 2 amide bonds. The molecule has 0 spiro atoms. The van der Waals surface area contributed by atoms with Crippen molar-refractivity contribution in [3.63, 3.8) is 0 Å². The Morgan fingerprint density at radius 1 is 1.28 bits per heavy atom. The second-order valence-corrected chi connectivity index (χ2v) is 8.09. The highest BCUT2D eigenvalue weighted by molar-refractivity contribution is 6.10. The summed E-state index contributed by atoms with van der Waals surface area (Å²) < 4.78 is 5.55. The lowest BCUT2D eigenvalue weighted by Gasteiger charge is -2.41. The van der Waals surface area contributed by atoms with Gasteiger partial charge in [0.1, 0.15) is 5.60 Å². The molecule has 144 valence electrons. The predicted octanol–water partition coefficient (Wildman–Crippen LogP) is 1.07. The smallest absolute Gasteiger partial charge is 0.342 e. The van der Waals surface area contributed by atoms with Crippen molar-refractivity contribution in [1.29, 1.82) is 0 Å². The van der Waals surface area contributed by atoms with Crippen LogP contribution in [0.5, 0.6) is 0 Å². The Bertz CT molecular complexity index is 507. The first-order valence-electron chi connectivity index (χ1n) is 8.92. The van der Waals surface area contributed by atoms with Gasteiger partial charge < -0.3 is 20.3 Å². The number of ether oxygens (including phenoxy) is 1. The fraction of sp³-hybridized carbons (Fsp3) is 0.833. The predicted molar refractivity (Wildman–Crippen MR) is 95.9 cm³/mol. The second kappa shape index (κ2) is 8.17. The van der Waals surface area contributed by atoms with Crippen molar-refractivity contribution >= 4 is 17.8 Å². The summed E-state index contributed by atoms with van der Waals surface area (Å²) in [4.78, 5) is 40.1. The van der Waals surface area contributed by atoms with Crippen LogP contribution in [0, 0.1) is 5.92 Å². The molecule has 0 aromatic heterocycles. The van der Waals surface area contributed by atoms with Gasteiger partial charge in [-0.25, -0.2) is 4.79 Å². The third kappa shape index (κ3) is 4.93. The number of amides is 2. The molecule has 0 unspecified atom stereocenters. The largest absolute Gasteiger partial charge is 0.458 e. The van der Waals surface area contributed by atoms with E-state index in [2.05, 4.69) is 10.6 Å². The minimum absolute atomic E-state index is 0.0107. The summed E-state index contributed by atoms with van der Waals surface area (Å²) in [6, 6.07) is -0.372. The SMILES string of the molecule is CNC(=O)[C@@](CC(C)C)(C(=O)OC(C)(C)C)N(C)C(=O)[C@@H]1CCCN1. The molecule has 0 bridgehead atoms. The molecule has 7 heteroatoms. The lowest BCUT2D eigenvalue weighted by Crippen LogP contribution is -2.67. The molecule has 1 aliphatic rings. The Labute approximate surface area is 150 Å². The quantitative estimate of drug-likeness (QED) is 0.550. The summed E-state index contributed by atoms with van der Waals surface area (Å²) >= 11 is 0. The monoisotopic (exact) mass is 355 g/mol. The second-order valence-electron chi connectivity index (χ2n) is 8.09. The number of nitrogens with zero attached hydrogens (tertiary/aromatic N) is 1.